The molecule has 0 bridgehead atoms. The first-order chi connectivity index (χ1) is 14.3. The van der Waals surface area contributed by atoms with Gasteiger partial charge < -0.3 is 15.7 Å². The van der Waals surface area contributed by atoms with Gasteiger partial charge in [-0.1, -0.05) is 36.4 Å². The molecule has 4 atom stereocenters. The Morgan fingerprint density at radius 1 is 1.27 bits per heavy atom. The van der Waals surface area contributed by atoms with E-state index in [1.54, 1.807) is 0 Å². The van der Waals surface area contributed by atoms with Crippen LogP contribution >= 0.6 is 0 Å². The van der Waals surface area contributed by atoms with Gasteiger partial charge in [-0.2, -0.15) is 0 Å². The number of carboxylic acid groups (broad SMARTS) is 1. The number of anilines is 1. The highest BCUT2D eigenvalue weighted by molar-refractivity contribution is 6.12. The number of carbonyl (C=O) groups is 3. The van der Waals surface area contributed by atoms with E-state index in [0.717, 1.165) is 22.6 Å². The Hall–Kier alpha value is -3.13. The predicted octanol–water partition coefficient (Wildman–Crippen LogP) is 2.10. The van der Waals surface area contributed by atoms with Crippen LogP contribution in [0.1, 0.15) is 25.8 Å². The van der Waals surface area contributed by atoms with Crippen molar-refractivity contribution < 1.29 is 19.5 Å². The minimum absolute atomic E-state index is 0.101. The number of urea groups is 1. The third-order valence-electron chi connectivity index (χ3n) is 5.83. The molecule has 4 N–H and O–H groups in total. The topological polar surface area (TPSA) is 111 Å². The molecule has 160 valence electrons. The molecule has 1 fully saturated rings. The number of allylic oxidation sites excluding steroid dienone is 3. The number of carbonyl (C=O) groups excluding carboxylic acids is 2. The second kappa shape index (κ2) is 8.71. The van der Waals surface area contributed by atoms with Crippen LogP contribution in [0.3, 0.4) is 0 Å². The lowest BCUT2D eigenvalue weighted by Gasteiger charge is -2.51. The van der Waals surface area contributed by atoms with Gasteiger partial charge in [0.2, 0.25) is 0 Å². The van der Waals surface area contributed by atoms with Crippen molar-refractivity contribution in [3.8, 4) is 0 Å². The zero-order chi connectivity index (χ0) is 21.9. The SMILES string of the molecule is CNc1ccc(CN[C@@]2(C)C(=O)N(C(=O)N[C@H](C)C3C=CC=CC3)[C@@H]2C(=O)O)cc1. The summed E-state index contributed by atoms with van der Waals surface area (Å²) in [5, 5.41) is 18.5. The Morgan fingerprint density at radius 2 is 1.97 bits per heavy atom. The molecule has 0 aromatic heterocycles. The first-order valence-electron chi connectivity index (χ1n) is 10.00. The van der Waals surface area contributed by atoms with E-state index in [1.165, 1.54) is 6.92 Å². The third kappa shape index (κ3) is 4.09. The molecule has 0 saturated carbocycles. The van der Waals surface area contributed by atoms with Crippen LogP contribution in [0.2, 0.25) is 0 Å². The summed E-state index contributed by atoms with van der Waals surface area (Å²) in [4.78, 5) is 38.2. The zero-order valence-electron chi connectivity index (χ0n) is 17.4. The van der Waals surface area contributed by atoms with Crippen LogP contribution in [0, 0.1) is 5.92 Å². The maximum absolute atomic E-state index is 12.8. The van der Waals surface area contributed by atoms with Crippen LogP contribution in [0.15, 0.2) is 48.6 Å². The molecule has 1 unspecified atom stereocenters. The zero-order valence-corrected chi connectivity index (χ0v) is 17.4. The van der Waals surface area contributed by atoms with Crippen LogP contribution in [0.4, 0.5) is 10.5 Å². The lowest BCUT2D eigenvalue weighted by molar-refractivity contribution is -0.169. The lowest BCUT2D eigenvalue weighted by atomic mass is 9.80. The van der Waals surface area contributed by atoms with E-state index < -0.39 is 29.5 Å². The Labute approximate surface area is 176 Å². The molecule has 1 aromatic carbocycles. The normalized spacial score (nSPS) is 26.1. The van der Waals surface area contributed by atoms with Crippen LogP contribution in [-0.4, -0.2) is 52.6 Å². The fraction of sp³-hybridized carbons (Fsp3) is 0.409. The van der Waals surface area contributed by atoms with Gasteiger partial charge >= 0.3 is 12.0 Å². The standard InChI is InChI=1S/C22H28N4O4/c1-14(16-7-5-4-6-8-16)25-21(30)26-18(19(27)28)22(2,20(26)29)24-13-15-9-11-17(23-3)12-10-15/h4-7,9-12,14,16,18,23-24H,8,13H2,1-3H3,(H,25,30)(H,27,28)/t14-,16?,18-,22-/m1/s1. The maximum atomic E-state index is 12.8. The van der Waals surface area contributed by atoms with Crippen molar-refractivity contribution in [1.82, 2.24) is 15.5 Å². The quantitative estimate of drug-likeness (QED) is 0.511. The molecule has 1 saturated heterocycles. The van der Waals surface area contributed by atoms with Crippen LogP contribution in [0.25, 0.3) is 0 Å². The number of β-lactam (4-membered cyclic amide) rings is 1. The van der Waals surface area contributed by atoms with Crippen LogP contribution in [0.5, 0.6) is 0 Å². The van der Waals surface area contributed by atoms with Crippen molar-refractivity contribution in [2.45, 2.75) is 44.4 Å². The lowest BCUT2D eigenvalue weighted by Crippen LogP contribution is -2.82. The molecule has 3 amide bonds. The number of imide groups is 1. The average Bonchev–Trinajstić information content (AvgIpc) is 2.75. The van der Waals surface area contributed by atoms with Gasteiger partial charge in [0.15, 0.2) is 6.04 Å². The number of nitrogens with one attached hydrogen (secondary N) is 3. The Morgan fingerprint density at radius 3 is 2.53 bits per heavy atom. The van der Waals surface area contributed by atoms with Gasteiger partial charge in [-0.25, -0.2) is 14.5 Å². The summed E-state index contributed by atoms with van der Waals surface area (Å²) < 4.78 is 0. The molecule has 1 aromatic rings. The number of hydrogen-bond donors (Lipinski definition) is 4. The van der Waals surface area contributed by atoms with Gasteiger partial charge in [0, 0.05) is 31.2 Å². The molecular formula is C22H28N4O4. The molecular weight excluding hydrogens is 384 g/mol. The van der Waals surface area contributed by atoms with Crippen molar-refractivity contribution in [2.75, 3.05) is 12.4 Å². The highest BCUT2D eigenvalue weighted by atomic mass is 16.4. The van der Waals surface area contributed by atoms with E-state index in [4.69, 9.17) is 0 Å². The predicted molar refractivity (Wildman–Crippen MR) is 114 cm³/mol. The highest BCUT2D eigenvalue weighted by Gasteiger charge is 2.63. The van der Waals surface area contributed by atoms with E-state index in [1.807, 2.05) is 62.5 Å². The fourth-order valence-electron chi connectivity index (χ4n) is 3.83. The summed E-state index contributed by atoms with van der Waals surface area (Å²) in [6.07, 6.45) is 8.62. The summed E-state index contributed by atoms with van der Waals surface area (Å²) in [7, 11) is 1.82. The largest absolute Gasteiger partial charge is 0.480 e. The summed E-state index contributed by atoms with van der Waals surface area (Å²) in [6, 6.07) is 5.38. The van der Waals surface area contributed by atoms with E-state index in [0.29, 0.717) is 6.54 Å². The monoisotopic (exact) mass is 412 g/mol. The second-order valence-corrected chi connectivity index (χ2v) is 7.87. The van der Waals surface area contributed by atoms with E-state index in [2.05, 4.69) is 16.0 Å². The molecule has 8 nitrogen and oxygen atoms in total. The number of carboxylic acids is 1. The van der Waals surface area contributed by atoms with Crippen LogP contribution < -0.4 is 16.0 Å². The van der Waals surface area contributed by atoms with Gasteiger partial charge in [0.25, 0.3) is 5.91 Å². The molecule has 0 spiro atoms. The maximum Gasteiger partial charge on any atom is 0.329 e. The third-order valence-corrected chi connectivity index (χ3v) is 5.83. The van der Waals surface area contributed by atoms with Gasteiger partial charge in [0.05, 0.1) is 0 Å². The number of amides is 3. The smallest absolute Gasteiger partial charge is 0.329 e. The molecule has 1 aliphatic carbocycles. The number of rotatable bonds is 7. The highest BCUT2D eigenvalue weighted by Crippen LogP contribution is 2.32. The molecule has 8 heteroatoms. The van der Waals surface area contributed by atoms with Crippen molar-refractivity contribution in [2.24, 2.45) is 5.92 Å². The number of benzene rings is 1. The molecule has 1 aliphatic heterocycles. The Kier molecular flexibility index (Phi) is 6.26. The van der Waals surface area contributed by atoms with Gasteiger partial charge in [-0.05, 0) is 38.0 Å². The van der Waals surface area contributed by atoms with Crippen molar-refractivity contribution >= 4 is 23.6 Å². The minimum atomic E-state index is -1.36. The van der Waals surface area contributed by atoms with E-state index in [-0.39, 0.29) is 12.0 Å². The fourth-order valence-corrected chi connectivity index (χ4v) is 3.83. The number of likely N-dealkylation sites (tertiary alicyclic amines) is 1. The van der Waals surface area contributed by atoms with Crippen molar-refractivity contribution in [1.29, 1.82) is 0 Å². The number of aliphatic carboxylic acids is 1. The number of hydrogen-bond acceptors (Lipinski definition) is 5. The van der Waals surface area contributed by atoms with Gasteiger partial charge in [-0.3, -0.25) is 10.1 Å². The second-order valence-electron chi connectivity index (χ2n) is 7.87. The minimum Gasteiger partial charge on any atom is -0.480 e. The van der Waals surface area contributed by atoms with E-state index >= 15 is 0 Å². The summed E-state index contributed by atoms with van der Waals surface area (Å²) in [5.74, 6) is -1.67. The van der Waals surface area contributed by atoms with Crippen molar-refractivity contribution in [3.05, 3.63) is 54.1 Å². The number of nitrogens with zero attached hydrogens (tertiary/aromatic N) is 1. The van der Waals surface area contributed by atoms with Gasteiger partial charge in [-0.15, -0.1) is 0 Å². The molecule has 0 radical (unpaired) electrons. The van der Waals surface area contributed by atoms with Gasteiger partial charge in [0.1, 0.15) is 5.54 Å². The Bertz CT molecular complexity index is 880. The molecule has 1 heterocycles. The molecule has 2 aliphatic rings. The van der Waals surface area contributed by atoms with Crippen molar-refractivity contribution in [3.63, 3.8) is 0 Å². The first-order valence-corrected chi connectivity index (χ1v) is 10.00. The Balaban J connectivity index is 1.66. The average molecular weight is 412 g/mol. The first kappa shape index (κ1) is 21.6. The summed E-state index contributed by atoms with van der Waals surface area (Å²) >= 11 is 0. The van der Waals surface area contributed by atoms with E-state index in [9.17, 15) is 19.5 Å². The summed E-state index contributed by atoms with van der Waals surface area (Å²) in [6.45, 7) is 3.68. The van der Waals surface area contributed by atoms with Crippen LogP contribution in [-0.2, 0) is 16.1 Å². The molecule has 3 rings (SSSR count). The molecule has 30 heavy (non-hydrogen) atoms. The summed E-state index contributed by atoms with van der Waals surface area (Å²) in [5.41, 5.74) is 0.496.